The van der Waals surface area contributed by atoms with E-state index in [1.807, 2.05) is 11.8 Å². The minimum atomic E-state index is 0.530. The summed E-state index contributed by atoms with van der Waals surface area (Å²) < 4.78 is 0. The van der Waals surface area contributed by atoms with Gasteiger partial charge in [0.25, 0.3) is 0 Å². The van der Waals surface area contributed by atoms with Gasteiger partial charge < -0.3 is 10.2 Å². The molecule has 1 spiro atoms. The number of thioether (sulfide) groups is 1. The summed E-state index contributed by atoms with van der Waals surface area (Å²) in [6, 6.07) is 0.530. The van der Waals surface area contributed by atoms with E-state index in [0.29, 0.717) is 11.5 Å². The van der Waals surface area contributed by atoms with Crippen molar-refractivity contribution < 1.29 is 0 Å². The quantitative estimate of drug-likeness (QED) is 0.862. The van der Waals surface area contributed by atoms with Gasteiger partial charge in [0.2, 0.25) is 0 Å². The van der Waals surface area contributed by atoms with E-state index in [4.69, 9.17) is 4.99 Å². The molecule has 19 heavy (non-hydrogen) atoms. The molecule has 1 N–H and O–H groups in total. The lowest BCUT2D eigenvalue weighted by Crippen LogP contribution is -2.42. The van der Waals surface area contributed by atoms with Gasteiger partial charge in [-0.15, -0.1) is 0 Å². The molecule has 1 saturated carbocycles. The molecule has 3 aliphatic rings. The second kappa shape index (κ2) is 6.04. The Morgan fingerprint density at radius 1 is 1.26 bits per heavy atom. The van der Waals surface area contributed by atoms with Crippen molar-refractivity contribution >= 4 is 16.9 Å². The number of hydrogen-bond acceptors (Lipinski definition) is 4. The second-order valence-corrected chi connectivity index (χ2v) is 7.63. The fourth-order valence-electron chi connectivity index (χ4n) is 3.68. The van der Waals surface area contributed by atoms with Crippen LogP contribution in [0.1, 0.15) is 45.4 Å². The highest BCUT2D eigenvalue weighted by Gasteiger charge is 2.36. The minimum absolute atomic E-state index is 0.530. The molecule has 2 aliphatic heterocycles. The molecule has 1 aliphatic carbocycles. The third-order valence-corrected chi connectivity index (χ3v) is 6.12. The van der Waals surface area contributed by atoms with Crippen LogP contribution in [0.5, 0.6) is 0 Å². The van der Waals surface area contributed by atoms with Gasteiger partial charge in [0, 0.05) is 24.9 Å². The first kappa shape index (κ1) is 13.7. The highest BCUT2D eigenvalue weighted by Crippen LogP contribution is 2.43. The molecule has 0 aromatic rings. The van der Waals surface area contributed by atoms with E-state index >= 15 is 0 Å². The zero-order chi connectivity index (χ0) is 13.1. The number of hydrogen-bond donors (Lipinski definition) is 1. The van der Waals surface area contributed by atoms with Gasteiger partial charge in [0.15, 0.2) is 5.17 Å². The van der Waals surface area contributed by atoms with Gasteiger partial charge in [0.05, 0.1) is 0 Å². The smallest absolute Gasteiger partial charge is 0.156 e. The van der Waals surface area contributed by atoms with Crippen molar-refractivity contribution in [3.05, 3.63) is 0 Å². The zero-order valence-electron chi connectivity index (χ0n) is 12.2. The predicted molar refractivity (Wildman–Crippen MR) is 83.9 cm³/mol. The van der Waals surface area contributed by atoms with Crippen LogP contribution in [0.15, 0.2) is 4.99 Å². The van der Waals surface area contributed by atoms with Crippen LogP contribution in [0.25, 0.3) is 0 Å². The van der Waals surface area contributed by atoms with E-state index < -0.39 is 0 Å². The van der Waals surface area contributed by atoms with Gasteiger partial charge in [-0.2, -0.15) is 0 Å². The van der Waals surface area contributed by atoms with E-state index in [1.165, 1.54) is 69.1 Å². The molecule has 2 fully saturated rings. The molecule has 1 unspecified atom stereocenters. The third kappa shape index (κ3) is 3.46. The summed E-state index contributed by atoms with van der Waals surface area (Å²) in [5.41, 5.74) is 0.564. The van der Waals surface area contributed by atoms with Crippen LogP contribution < -0.4 is 5.32 Å². The lowest BCUT2D eigenvalue weighted by Gasteiger charge is -2.32. The second-order valence-electron chi connectivity index (χ2n) is 6.67. The summed E-state index contributed by atoms with van der Waals surface area (Å²) in [6.07, 6.45) is 8.41. The summed E-state index contributed by atoms with van der Waals surface area (Å²) in [7, 11) is 0. The predicted octanol–water partition coefficient (Wildman–Crippen LogP) is 2.72. The van der Waals surface area contributed by atoms with Crippen LogP contribution in [0.3, 0.4) is 0 Å². The van der Waals surface area contributed by atoms with E-state index in [0.717, 1.165) is 6.54 Å². The van der Waals surface area contributed by atoms with Crippen LogP contribution in [-0.4, -0.2) is 48.0 Å². The van der Waals surface area contributed by atoms with Crippen molar-refractivity contribution in [2.45, 2.75) is 51.5 Å². The zero-order valence-corrected chi connectivity index (χ0v) is 13.0. The SMILES string of the molecule is CC(CN1CCCC1)NC1=NCC2(CCCC2)CS1. The molecule has 1 saturated heterocycles. The van der Waals surface area contributed by atoms with Crippen LogP contribution in [-0.2, 0) is 0 Å². The Hall–Kier alpha value is -0.220. The number of amidine groups is 1. The largest absolute Gasteiger partial charge is 0.361 e. The maximum absolute atomic E-state index is 4.83. The van der Waals surface area contributed by atoms with Crippen molar-refractivity contribution in [2.24, 2.45) is 10.4 Å². The fourth-order valence-corrected chi connectivity index (χ4v) is 4.94. The maximum Gasteiger partial charge on any atom is 0.156 e. The van der Waals surface area contributed by atoms with Crippen molar-refractivity contribution in [3.8, 4) is 0 Å². The van der Waals surface area contributed by atoms with Crippen LogP contribution in [0.2, 0.25) is 0 Å². The molecule has 4 heteroatoms. The molecule has 0 radical (unpaired) electrons. The Morgan fingerprint density at radius 3 is 2.63 bits per heavy atom. The Balaban J connectivity index is 1.46. The summed E-state index contributed by atoms with van der Waals surface area (Å²) in [5, 5.41) is 4.82. The van der Waals surface area contributed by atoms with Crippen LogP contribution >= 0.6 is 11.8 Å². The Morgan fingerprint density at radius 2 is 2.00 bits per heavy atom. The Labute approximate surface area is 121 Å². The first-order valence-corrected chi connectivity index (χ1v) is 8.91. The van der Waals surface area contributed by atoms with Crippen molar-refractivity contribution in [1.29, 1.82) is 0 Å². The monoisotopic (exact) mass is 281 g/mol. The van der Waals surface area contributed by atoms with Crippen molar-refractivity contribution in [2.75, 3.05) is 31.9 Å². The van der Waals surface area contributed by atoms with Gasteiger partial charge in [0.1, 0.15) is 0 Å². The molecule has 2 heterocycles. The number of likely N-dealkylation sites (tertiary alicyclic amines) is 1. The molecular formula is C15H27N3S. The normalized spacial score (nSPS) is 28.6. The summed E-state index contributed by atoms with van der Waals surface area (Å²) in [5.74, 6) is 1.29. The molecule has 0 aromatic carbocycles. The fraction of sp³-hybridized carbons (Fsp3) is 0.933. The number of rotatable bonds is 3. The summed E-state index contributed by atoms with van der Waals surface area (Å²) >= 11 is 1.97. The summed E-state index contributed by atoms with van der Waals surface area (Å²) in [4.78, 5) is 7.40. The Bertz CT molecular complexity index is 330. The van der Waals surface area contributed by atoms with E-state index in [2.05, 4.69) is 17.1 Å². The van der Waals surface area contributed by atoms with Gasteiger partial charge in [-0.25, -0.2) is 0 Å². The summed E-state index contributed by atoms with van der Waals surface area (Å²) in [6.45, 7) is 7.11. The first-order valence-electron chi connectivity index (χ1n) is 7.92. The molecule has 0 amide bonds. The minimum Gasteiger partial charge on any atom is -0.361 e. The first-order chi connectivity index (χ1) is 9.26. The van der Waals surface area contributed by atoms with Crippen molar-refractivity contribution in [1.82, 2.24) is 10.2 Å². The number of nitrogens with zero attached hydrogens (tertiary/aromatic N) is 2. The van der Waals surface area contributed by atoms with Gasteiger partial charge in [-0.05, 0) is 51.1 Å². The average Bonchev–Trinajstić information content (AvgIpc) is 3.05. The third-order valence-electron chi connectivity index (χ3n) is 4.84. The molecule has 1 atom stereocenters. The van der Waals surface area contributed by atoms with Gasteiger partial charge in [-0.3, -0.25) is 4.99 Å². The average molecular weight is 281 g/mol. The lowest BCUT2D eigenvalue weighted by atomic mass is 9.89. The Kier molecular flexibility index (Phi) is 4.37. The molecule has 0 bridgehead atoms. The van der Waals surface area contributed by atoms with Crippen LogP contribution in [0, 0.1) is 5.41 Å². The molecule has 108 valence electrons. The number of aliphatic imine (C=N–C) groups is 1. The van der Waals surface area contributed by atoms with E-state index in [-0.39, 0.29) is 0 Å². The molecule has 3 nitrogen and oxygen atoms in total. The highest BCUT2D eigenvalue weighted by atomic mass is 32.2. The molecular weight excluding hydrogens is 254 g/mol. The highest BCUT2D eigenvalue weighted by molar-refractivity contribution is 8.13. The van der Waals surface area contributed by atoms with Gasteiger partial charge >= 0.3 is 0 Å². The molecule has 3 rings (SSSR count). The van der Waals surface area contributed by atoms with Crippen molar-refractivity contribution in [3.63, 3.8) is 0 Å². The maximum atomic E-state index is 4.83. The number of nitrogens with one attached hydrogen (secondary N) is 1. The van der Waals surface area contributed by atoms with Gasteiger partial charge in [-0.1, -0.05) is 24.6 Å². The van der Waals surface area contributed by atoms with Crippen LogP contribution in [0.4, 0.5) is 0 Å². The standard InChI is InChI=1S/C15H27N3S/c1-13(10-18-8-4-5-9-18)17-14-16-11-15(12-19-14)6-2-3-7-15/h13H,2-12H2,1H3,(H,16,17). The van der Waals surface area contributed by atoms with E-state index in [1.54, 1.807) is 0 Å². The lowest BCUT2D eigenvalue weighted by molar-refractivity contribution is 0.311. The topological polar surface area (TPSA) is 27.6 Å². The van der Waals surface area contributed by atoms with E-state index in [9.17, 15) is 0 Å². The molecule has 0 aromatic heterocycles.